The van der Waals surface area contributed by atoms with E-state index in [1.165, 1.54) is 6.20 Å². The van der Waals surface area contributed by atoms with E-state index in [0.717, 1.165) is 4.47 Å². The lowest BCUT2D eigenvalue weighted by Gasteiger charge is -1.94. The lowest BCUT2D eigenvalue weighted by Crippen LogP contribution is -1.96. The maximum Gasteiger partial charge on any atom is 0.333 e. The van der Waals surface area contributed by atoms with Crippen LogP contribution in [0.4, 0.5) is 8.78 Å². The van der Waals surface area contributed by atoms with Gasteiger partial charge in [-0.25, -0.2) is 4.68 Å². The highest BCUT2D eigenvalue weighted by molar-refractivity contribution is 9.10. The molecular weight excluding hydrogens is 242 g/mol. The number of rotatable bonds is 1. The lowest BCUT2D eigenvalue weighted by atomic mass is 10.3. The quantitative estimate of drug-likeness (QED) is 0.756. The van der Waals surface area contributed by atoms with Crippen molar-refractivity contribution >= 4 is 26.8 Å². The molecule has 2 rings (SSSR count). The highest BCUT2D eigenvalue weighted by Gasteiger charge is 2.08. The summed E-state index contributed by atoms with van der Waals surface area (Å²) in [5.74, 6) is 0. The van der Waals surface area contributed by atoms with E-state index in [9.17, 15) is 8.78 Å². The Balaban J connectivity index is 2.62. The van der Waals surface area contributed by atoms with Gasteiger partial charge < -0.3 is 0 Å². The van der Waals surface area contributed by atoms with Crippen molar-refractivity contribution in [3.05, 3.63) is 28.9 Å². The molecule has 0 aliphatic rings. The number of fused-ring (bicyclic) bond motifs is 1. The topological polar surface area (TPSA) is 17.8 Å². The van der Waals surface area contributed by atoms with Crippen LogP contribution in [0.25, 0.3) is 10.9 Å². The Hall–Kier alpha value is -0.970. The molecule has 0 unspecified atom stereocenters. The van der Waals surface area contributed by atoms with E-state index in [1.807, 2.05) is 0 Å². The van der Waals surface area contributed by atoms with Crippen LogP contribution >= 0.6 is 15.9 Å². The molecule has 0 spiro atoms. The van der Waals surface area contributed by atoms with Crippen LogP contribution in [0.5, 0.6) is 0 Å². The largest absolute Gasteiger partial charge is 0.333 e. The third-order valence-electron chi connectivity index (χ3n) is 1.69. The highest BCUT2D eigenvalue weighted by Crippen LogP contribution is 2.20. The molecule has 0 N–H and O–H groups in total. The normalized spacial score (nSPS) is 11.4. The molecule has 1 aromatic carbocycles. The molecule has 0 aliphatic heterocycles. The number of nitrogens with zero attached hydrogens (tertiary/aromatic N) is 2. The summed E-state index contributed by atoms with van der Waals surface area (Å²) in [7, 11) is 0. The minimum absolute atomic E-state index is 0.565. The summed E-state index contributed by atoms with van der Waals surface area (Å²) in [6.07, 6.45) is 1.33. The molecule has 5 heteroatoms. The minimum Gasteiger partial charge on any atom is -0.210 e. The van der Waals surface area contributed by atoms with Crippen molar-refractivity contribution in [3.63, 3.8) is 0 Å². The lowest BCUT2D eigenvalue weighted by molar-refractivity contribution is 0.0574. The number of hydrogen-bond donors (Lipinski definition) is 0. The van der Waals surface area contributed by atoms with Gasteiger partial charge in [0.2, 0.25) is 0 Å². The van der Waals surface area contributed by atoms with Crippen LogP contribution < -0.4 is 0 Å². The SMILES string of the molecule is FC(F)n1cc2ccc(Br)cc2n1. The molecule has 0 fully saturated rings. The van der Waals surface area contributed by atoms with Gasteiger partial charge >= 0.3 is 6.55 Å². The zero-order chi connectivity index (χ0) is 9.42. The molecular formula is C8H5BrF2N2. The number of benzene rings is 1. The summed E-state index contributed by atoms with van der Waals surface area (Å²) in [6, 6.07) is 5.24. The van der Waals surface area contributed by atoms with Gasteiger partial charge in [-0.3, -0.25) is 0 Å². The molecule has 1 heterocycles. The molecule has 0 radical (unpaired) electrons. The molecule has 0 saturated carbocycles. The van der Waals surface area contributed by atoms with Crippen molar-refractivity contribution in [2.45, 2.75) is 6.55 Å². The van der Waals surface area contributed by atoms with Crippen LogP contribution in [0.3, 0.4) is 0 Å². The number of halogens is 3. The van der Waals surface area contributed by atoms with Gasteiger partial charge in [-0.05, 0) is 12.1 Å². The fourth-order valence-corrected chi connectivity index (χ4v) is 1.46. The first-order valence-corrected chi connectivity index (χ1v) is 4.39. The first-order valence-electron chi connectivity index (χ1n) is 3.59. The van der Waals surface area contributed by atoms with Crippen molar-refractivity contribution in [2.75, 3.05) is 0 Å². The van der Waals surface area contributed by atoms with Gasteiger partial charge in [0.05, 0.1) is 5.52 Å². The average molecular weight is 247 g/mol. The maximum atomic E-state index is 12.2. The molecule has 1 aromatic heterocycles. The van der Waals surface area contributed by atoms with E-state index >= 15 is 0 Å². The van der Waals surface area contributed by atoms with E-state index in [0.29, 0.717) is 15.6 Å². The summed E-state index contributed by atoms with van der Waals surface area (Å²) in [5.41, 5.74) is 0.565. The van der Waals surface area contributed by atoms with Gasteiger partial charge in [-0.1, -0.05) is 22.0 Å². The number of alkyl halides is 2. The van der Waals surface area contributed by atoms with Crippen LogP contribution in [-0.2, 0) is 0 Å². The van der Waals surface area contributed by atoms with Crippen LogP contribution in [0.2, 0.25) is 0 Å². The monoisotopic (exact) mass is 246 g/mol. The van der Waals surface area contributed by atoms with Gasteiger partial charge in [0.15, 0.2) is 0 Å². The Morgan fingerprint density at radius 2 is 2.15 bits per heavy atom. The Morgan fingerprint density at radius 3 is 2.85 bits per heavy atom. The van der Waals surface area contributed by atoms with Crippen LogP contribution in [0.15, 0.2) is 28.9 Å². The van der Waals surface area contributed by atoms with Gasteiger partial charge in [-0.2, -0.15) is 13.9 Å². The van der Waals surface area contributed by atoms with Crippen LogP contribution in [0, 0.1) is 0 Å². The first kappa shape index (κ1) is 8.62. The van der Waals surface area contributed by atoms with E-state index in [4.69, 9.17) is 0 Å². The fraction of sp³-hybridized carbons (Fsp3) is 0.125. The van der Waals surface area contributed by atoms with Gasteiger partial charge in [0.25, 0.3) is 0 Å². The molecule has 0 saturated heterocycles. The van der Waals surface area contributed by atoms with Crippen molar-refractivity contribution in [2.24, 2.45) is 0 Å². The van der Waals surface area contributed by atoms with Crippen LogP contribution in [0.1, 0.15) is 6.55 Å². The highest BCUT2D eigenvalue weighted by atomic mass is 79.9. The predicted octanol–water partition coefficient (Wildman–Crippen LogP) is 3.19. The third-order valence-corrected chi connectivity index (χ3v) is 2.18. The van der Waals surface area contributed by atoms with E-state index in [2.05, 4.69) is 21.0 Å². The molecule has 0 atom stereocenters. The molecule has 0 amide bonds. The Kier molecular flexibility index (Phi) is 2.03. The summed E-state index contributed by atoms with van der Waals surface area (Å²) >= 11 is 3.24. The molecule has 13 heavy (non-hydrogen) atoms. The second kappa shape index (κ2) is 3.06. The predicted molar refractivity (Wildman–Crippen MR) is 48.7 cm³/mol. The van der Waals surface area contributed by atoms with E-state index in [1.54, 1.807) is 18.2 Å². The first-order chi connectivity index (χ1) is 6.16. The molecule has 68 valence electrons. The summed E-state index contributed by atoms with van der Waals surface area (Å²) in [6.45, 7) is -2.58. The molecule has 0 aliphatic carbocycles. The summed E-state index contributed by atoms with van der Waals surface area (Å²) in [5, 5.41) is 4.42. The standard InChI is InChI=1S/C8H5BrF2N2/c9-6-2-1-5-4-13(8(10)11)12-7(5)3-6/h1-4,8H. The van der Waals surface area contributed by atoms with Gasteiger partial charge in [-0.15, -0.1) is 0 Å². The van der Waals surface area contributed by atoms with Crippen molar-refractivity contribution in [1.82, 2.24) is 9.78 Å². The number of aromatic nitrogens is 2. The minimum atomic E-state index is -2.58. The zero-order valence-corrected chi connectivity index (χ0v) is 8.00. The van der Waals surface area contributed by atoms with E-state index < -0.39 is 6.55 Å². The fourth-order valence-electron chi connectivity index (χ4n) is 1.11. The second-order valence-corrected chi connectivity index (χ2v) is 3.51. The van der Waals surface area contributed by atoms with Gasteiger partial charge in [0, 0.05) is 16.1 Å². The smallest absolute Gasteiger partial charge is 0.210 e. The summed E-state index contributed by atoms with van der Waals surface area (Å²) in [4.78, 5) is 0. The zero-order valence-electron chi connectivity index (χ0n) is 6.42. The number of hydrogen-bond acceptors (Lipinski definition) is 1. The van der Waals surface area contributed by atoms with Crippen molar-refractivity contribution in [1.29, 1.82) is 0 Å². The Morgan fingerprint density at radius 1 is 1.38 bits per heavy atom. The average Bonchev–Trinajstić information content (AvgIpc) is 2.46. The van der Waals surface area contributed by atoms with Gasteiger partial charge in [0.1, 0.15) is 0 Å². The van der Waals surface area contributed by atoms with Crippen molar-refractivity contribution < 1.29 is 8.78 Å². The van der Waals surface area contributed by atoms with E-state index in [-0.39, 0.29) is 0 Å². The molecule has 2 nitrogen and oxygen atoms in total. The Labute approximate surface area is 81.3 Å². The molecule has 0 bridgehead atoms. The molecule has 2 aromatic rings. The van der Waals surface area contributed by atoms with Crippen molar-refractivity contribution in [3.8, 4) is 0 Å². The maximum absolute atomic E-state index is 12.2. The third kappa shape index (κ3) is 1.56. The second-order valence-electron chi connectivity index (χ2n) is 2.59. The van der Waals surface area contributed by atoms with Crippen LogP contribution in [-0.4, -0.2) is 9.78 Å². The Bertz CT molecular complexity index is 439. The summed E-state index contributed by atoms with van der Waals surface area (Å²) < 4.78 is 25.9.